The zero-order valence-electron chi connectivity index (χ0n) is 25.8. The summed E-state index contributed by atoms with van der Waals surface area (Å²) >= 11 is 8.06. The minimum atomic E-state index is -0.739. The minimum Gasteiger partial charge on any atom is -0.444 e. The third kappa shape index (κ3) is 10.1. The van der Waals surface area contributed by atoms with Crippen LogP contribution >= 0.6 is 23.4 Å². The molecule has 0 fully saturated rings. The predicted molar refractivity (Wildman–Crippen MR) is 169 cm³/mol. The number of benzene rings is 2. The Kier molecular flexibility index (Phi) is 11.1. The fraction of sp³-hybridized carbons (Fsp3) is 0.467. The lowest BCUT2D eigenvalue weighted by atomic mass is 10.1. The van der Waals surface area contributed by atoms with Crippen molar-refractivity contribution in [3.8, 4) is 0 Å². The monoisotopic (exact) mass is 639 g/mol. The van der Waals surface area contributed by atoms with Gasteiger partial charge in [0.05, 0.1) is 34.5 Å². The Morgan fingerprint density at radius 1 is 0.977 bits per heavy atom. The first-order chi connectivity index (χ1) is 19.9. The molecule has 0 saturated carbocycles. The molecule has 2 N–H and O–H groups in total. The Morgan fingerprint density at radius 3 is 2.23 bits per heavy atom. The fourth-order valence-corrected chi connectivity index (χ4v) is 4.82. The average Bonchev–Trinajstić information content (AvgIpc) is 3.41. The molecule has 2 aromatic rings. The second-order valence-corrected chi connectivity index (χ2v) is 13.4. The number of anilines is 3. The van der Waals surface area contributed by atoms with Crippen molar-refractivity contribution in [1.29, 1.82) is 0 Å². The van der Waals surface area contributed by atoms with Gasteiger partial charge in [0.25, 0.3) is 0 Å². The number of amides is 2. The molecule has 2 amide bonds. The lowest BCUT2D eigenvalue weighted by Gasteiger charge is -2.28. The molecule has 13 heteroatoms. The molecule has 0 aromatic heterocycles. The Bertz CT molecular complexity index is 1360. The molecular formula is C30H40ClF2N5O4S. The summed E-state index contributed by atoms with van der Waals surface area (Å²) in [6.45, 7) is 11.2. The van der Waals surface area contributed by atoms with Crippen LogP contribution in [0.2, 0.25) is 5.02 Å². The summed E-state index contributed by atoms with van der Waals surface area (Å²) in [5.74, 6) is 0.0265. The van der Waals surface area contributed by atoms with E-state index in [0.717, 1.165) is 0 Å². The molecule has 0 radical (unpaired) electrons. The maximum absolute atomic E-state index is 15.5. The quantitative estimate of drug-likeness (QED) is 0.292. The van der Waals surface area contributed by atoms with Crippen molar-refractivity contribution in [3.63, 3.8) is 0 Å². The van der Waals surface area contributed by atoms with Crippen LogP contribution in [-0.2, 0) is 16.0 Å². The number of nitrogens with zero attached hydrogens (tertiary/aromatic N) is 3. The first-order valence-corrected chi connectivity index (χ1v) is 15.1. The predicted octanol–water partition coefficient (Wildman–Crippen LogP) is 7.49. The van der Waals surface area contributed by atoms with Gasteiger partial charge in [0.15, 0.2) is 0 Å². The molecule has 0 saturated heterocycles. The molecule has 0 unspecified atom stereocenters. The summed E-state index contributed by atoms with van der Waals surface area (Å²) in [6.07, 6.45) is -1.09. The van der Waals surface area contributed by atoms with Crippen LogP contribution in [0.15, 0.2) is 41.6 Å². The summed E-state index contributed by atoms with van der Waals surface area (Å²) in [6, 6.07) is 6.83. The van der Waals surface area contributed by atoms with Gasteiger partial charge in [-0.2, -0.15) is 0 Å². The van der Waals surface area contributed by atoms with Crippen LogP contribution in [0.25, 0.3) is 0 Å². The van der Waals surface area contributed by atoms with E-state index in [4.69, 9.17) is 21.1 Å². The summed E-state index contributed by atoms with van der Waals surface area (Å²) in [4.78, 5) is 29.8. The average molecular weight is 640 g/mol. The zero-order chi connectivity index (χ0) is 32.1. The molecule has 3 rings (SSSR count). The molecule has 43 heavy (non-hydrogen) atoms. The van der Waals surface area contributed by atoms with E-state index in [1.165, 1.54) is 51.9 Å². The second-order valence-electron chi connectivity index (χ2n) is 12.1. The van der Waals surface area contributed by atoms with E-state index in [9.17, 15) is 14.0 Å². The summed E-state index contributed by atoms with van der Waals surface area (Å²) in [7, 11) is 3.38. The topological polar surface area (TPSA) is 86.4 Å². The van der Waals surface area contributed by atoms with Gasteiger partial charge in [0.1, 0.15) is 28.7 Å². The van der Waals surface area contributed by atoms with Crippen molar-refractivity contribution in [1.82, 2.24) is 15.1 Å². The number of thioether (sulfide) groups is 1. The number of carbonyl (C=O) groups excluding carboxylic acids is 2. The normalized spacial score (nSPS) is 13.1. The molecule has 0 aliphatic carbocycles. The summed E-state index contributed by atoms with van der Waals surface area (Å²) in [5, 5.41) is 8.17. The third-order valence-electron chi connectivity index (χ3n) is 6.02. The van der Waals surface area contributed by atoms with Gasteiger partial charge in [-0.3, -0.25) is 4.90 Å². The zero-order valence-corrected chi connectivity index (χ0v) is 27.4. The van der Waals surface area contributed by atoms with E-state index < -0.39 is 35.0 Å². The second kappa shape index (κ2) is 13.9. The van der Waals surface area contributed by atoms with E-state index in [1.807, 2.05) is 0 Å². The van der Waals surface area contributed by atoms with Gasteiger partial charge < -0.3 is 29.9 Å². The number of ether oxygens (including phenoxy) is 2. The number of hydrogen-bond acceptors (Lipinski definition) is 8. The fourth-order valence-electron chi connectivity index (χ4n) is 3.90. The van der Waals surface area contributed by atoms with Crippen molar-refractivity contribution in [2.45, 2.75) is 59.3 Å². The lowest BCUT2D eigenvalue weighted by Crippen LogP contribution is -2.39. The maximum atomic E-state index is 15.5. The summed E-state index contributed by atoms with van der Waals surface area (Å²) < 4.78 is 40.7. The Balaban J connectivity index is 1.79. The largest absolute Gasteiger partial charge is 0.444 e. The highest BCUT2D eigenvalue weighted by Crippen LogP contribution is 2.34. The Morgan fingerprint density at radius 2 is 1.63 bits per heavy atom. The minimum absolute atomic E-state index is 0.115. The number of carbonyl (C=O) groups is 2. The molecule has 1 aliphatic rings. The molecule has 1 heterocycles. The van der Waals surface area contributed by atoms with Gasteiger partial charge in [0, 0.05) is 38.2 Å². The van der Waals surface area contributed by atoms with E-state index >= 15 is 4.39 Å². The van der Waals surface area contributed by atoms with Gasteiger partial charge in [0.2, 0.25) is 0 Å². The molecule has 1 aliphatic heterocycles. The van der Waals surface area contributed by atoms with Crippen LogP contribution in [0.5, 0.6) is 0 Å². The van der Waals surface area contributed by atoms with Crippen LogP contribution in [0.4, 0.5) is 35.4 Å². The standard InChI is InChI=1S/C30H40ClF2N5O4S/c1-29(2,3)41-27(39)37(8)12-11-36(7)25-14-20(32)9-10-23(25)35-24-15-22(33)19(13-21(24)31)16-38(26-17-43-18-34-26)28(40)42-30(4,5)6/h9-10,13-15,17,34-35H,11-12,16,18H2,1-8H3. The number of hydrogen-bond donors (Lipinski definition) is 2. The molecule has 2 aromatic carbocycles. The van der Waals surface area contributed by atoms with Crippen LogP contribution in [0.3, 0.4) is 0 Å². The highest BCUT2D eigenvalue weighted by Gasteiger charge is 2.28. The Labute approximate surface area is 261 Å². The molecule has 236 valence electrons. The van der Waals surface area contributed by atoms with Crippen LogP contribution < -0.4 is 15.5 Å². The van der Waals surface area contributed by atoms with Crippen molar-refractivity contribution < 1.29 is 27.8 Å². The molecule has 0 bridgehead atoms. The van der Waals surface area contributed by atoms with Gasteiger partial charge in [-0.25, -0.2) is 18.4 Å². The van der Waals surface area contributed by atoms with Crippen molar-refractivity contribution in [3.05, 3.63) is 63.8 Å². The molecule has 9 nitrogen and oxygen atoms in total. The summed E-state index contributed by atoms with van der Waals surface area (Å²) in [5.41, 5.74) is 0.0297. The van der Waals surface area contributed by atoms with Crippen molar-refractivity contribution >= 4 is 52.6 Å². The first kappa shape index (κ1) is 34.1. The van der Waals surface area contributed by atoms with Gasteiger partial charge in [-0.1, -0.05) is 11.6 Å². The lowest BCUT2D eigenvalue weighted by molar-refractivity contribution is 0.0283. The third-order valence-corrected chi connectivity index (χ3v) is 7.03. The van der Waals surface area contributed by atoms with E-state index in [1.54, 1.807) is 65.9 Å². The Hall–Kier alpha value is -3.38. The highest BCUT2D eigenvalue weighted by atomic mass is 35.5. The number of likely N-dealkylation sites (N-methyl/N-ethyl adjacent to an activating group) is 2. The number of rotatable bonds is 9. The van der Waals surface area contributed by atoms with Crippen molar-refractivity contribution in [2.24, 2.45) is 0 Å². The number of halogens is 3. The smallest absolute Gasteiger partial charge is 0.416 e. The van der Waals surface area contributed by atoms with E-state index in [2.05, 4.69) is 10.6 Å². The van der Waals surface area contributed by atoms with E-state index in [0.29, 0.717) is 36.2 Å². The van der Waals surface area contributed by atoms with Gasteiger partial charge in [-0.05, 0) is 71.9 Å². The molecular weight excluding hydrogens is 600 g/mol. The highest BCUT2D eigenvalue weighted by molar-refractivity contribution is 8.02. The SMILES string of the molecule is CN(CCN(C)c1cc(F)ccc1Nc1cc(F)c(CN(C(=O)OC(C)(C)C)C2=CSCN2)cc1Cl)C(=O)OC(C)(C)C. The van der Waals surface area contributed by atoms with Gasteiger partial charge in [-0.15, -0.1) is 11.8 Å². The molecule has 0 atom stereocenters. The first-order valence-electron chi connectivity index (χ1n) is 13.7. The van der Waals surface area contributed by atoms with E-state index in [-0.39, 0.29) is 22.8 Å². The van der Waals surface area contributed by atoms with Crippen molar-refractivity contribution in [2.75, 3.05) is 43.3 Å². The maximum Gasteiger partial charge on any atom is 0.416 e. The van der Waals surface area contributed by atoms with Crippen LogP contribution in [0, 0.1) is 11.6 Å². The molecule has 0 spiro atoms. The van der Waals surface area contributed by atoms with Crippen LogP contribution in [0.1, 0.15) is 47.1 Å². The van der Waals surface area contributed by atoms with Gasteiger partial charge >= 0.3 is 12.2 Å². The number of nitrogens with one attached hydrogen (secondary N) is 2. The van der Waals surface area contributed by atoms with Crippen LogP contribution in [-0.4, -0.2) is 66.3 Å².